The number of hydrogen-bond acceptors (Lipinski definition) is 3. The lowest BCUT2D eigenvalue weighted by Crippen LogP contribution is -2.28. The number of methoxy groups -OCH3 is 1. The molecule has 3 rings (SSSR count). The van der Waals surface area contributed by atoms with E-state index in [0.29, 0.717) is 0 Å². The Morgan fingerprint density at radius 3 is 2.50 bits per heavy atom. The summed E-state index contributed by atoms with van der Waals surface area (Å²) < 4.78 is 17.5. The van der Waals surface area contributed by atoms with Gasteiger partial charge in [-0.2, -0.15) is 0 Å². The van der Waals surface area contributed by atoms with Gasteiger partial charge in [-0.3, -0.25) is 0 Å². The first-order valence-electron chi connectivity index (χ1n) is 9.48. The quantitative estimate of drug-likeness (QED) is 0.611. The molecular weight excluding hydrogens is 324 g/mol. The number of rotatable bonds is 7. The Balaban J connectivity index is 1.90. The van der Waals surface area contributed by atoms with Crippen molar-refractivity contribution in [2.75, 3.05) is 13.7 Å². The molecule has 2 atom stereocenters. The lowest BCUT2D eigenvalue weighted by molar-refractivity contribution is -0.176. The van der Waals surface area contributed by atoms with E-state index in [9.17, 15) is 0 Å². The smallest absolute Gasteiger partial charge is 0.158 e. The zero-order valence-electron chi connectivity index (χ0n) is 15.7. The molecule has 2 aromatic rings. The largest absolute Gasteiger partial charge is 0.497 e. The van der Waals surface area contributed by atoms with E-state index in [1.165, 1.54) is 17.6 Å². The van der Waals surface area contributed by atoms with Crippen LogP contribution in [0, 0.1) is 0 Å². The zero-order chi connectivity index (χ0) is 18.2. The Morgan fingerprint density at radius 1 is 1.12 bits per heavy atom. The maximum Gasteiger partial charge on any atom is 0.158 e. The van der Waals surface area contributed by atoms with Crippen LogP contribution in [0.15, 0.2) is 54.6 Å². The number of hydrogen-bond donors (Lipinski definition) is 0. The van der Waals surface area contributed by atoms with Crippen molar-refractivity contribution in [3.8, 4) is 5.75 Å². The molecule has 0 aliphatic carbocycles. The number of benzene rings is 2. The summed E-state index contributed by atoms with van der Waals surface area (Å²) in [7, 11) is 1.69. The van der Waals surface area contributed by atoms with Crippen LogP contribution >= 0.6 is 0 Å². The van der Waals surface area contributed by atoms with Crippen LogP contribution in [0.25, 0.3) is 11.6 Å². The van der Waals surface area contributed by atoms with Gasteiger partial charge in [-0.25, -0.2) is 0 Å². The van der Waals surface area contributed by atoms with E-state index in [4.69, 9.17) is 14.2 Å². The summed E-state index contributed by atoms with van der Waals surface area (Å²) in [5.41, 5.74) is 3.50. The minimum atomic E-state index is -0.105. The molecule has 0 spiro atoms. The Morgan fingerprint density at radius 2 is 1.88 bits per heavy atom. The van der Waals surface area contributed by atoms with Crippen LogP contribution in [0.2, 0.25) is 0 Å². The molecule has 0 radical (unpaired) electrons. The Labute approximate surface area is 156 Å². The Kier molecular flexibility index (Phi) is 6.87. The van der Waals surface area contributed by atoms with Crippen LogP contribution in [0.4, 0.5) is 0 Å². The molecule has 138 valence electrons. The van der Waals surface area contributed by atoms with Crippen LogP contribution in [-0.2, 0) is 9.47 Å². The summed E-state index contributed by atoms with van der Waals surface area (Å²) >= 11 is 0. The normalized spacial score (nSPS) is 19.2. The van der Waals surface area contributed by atoms with Crippen molar-refractivity contribution in [1.29, 1.82) is 0 Å². The van der Waals surface area contributed by atoms with Crippen molar-refractivity contribution >= 4 is 11.6 Å². The van der Waals surface area contributed by atoms with Crippen molar-refractivity contribution in [2.24, 2.45) is 0 Å². The molecule has 0 saturated carbocycles. The fourth-order valence-corrected chi connectivity index (χ4v) is 3.27. The van der Waals surface area contributed by atoms with Crippen molar-refractivity contribution < 1.29 is 14.2 Å². The van der Waals surface area contributed by atoms with Crippen molar-refractivity contribution in [3.63, 3.8) is 0 Å². The molecule has 3 heteroatoms. The average Bonchev–Trinajstić information content (AvgIpc) is 2.72. The lowest BCUT2D eigenvalue weighted by atomic mass is 9.96. The van der Waals surface area contributed by atoms with Crippen molar-refractivity contribution in [1.82, 2.24) is 0 Å². The van der Waals surface area contributed by atoms with Gasteiger partial charge in [0.2, 0.25) is 0 Å². The Hall–Kier alpha value is -2.10. The molecule has 26 heavy (non-hydrogen) atoms. The minimum Gasteiger partial charge on any atom is -0.497 e. The van der Waals surface area contributed by atoms with Gasteiger partial charge < -0.3 is 14.2 Å². The van der Waals surface area contributed by atoms with E-state index in [1.54, 1.807) is 7.11 Å². The molecule has 3 nitrogen and oxygen atoms in total. The fraction of sp³-hybridized carbons (Fsp3) is 0.391. The van der Waals surface area contributed by atoms with E-state index in [1.807, 2.05) is 18.2 Å². The first-order valence-corrected chi connectivity index (χ1v) is 9.48. The van der Waals surface area contributed by atoms with Gasteiger partial charge in [-0.05, 0) is 60.6 Å². The van der Waals surface area contributed by atoms with Gasteiger partial charge in [0, 0.05) is 6.61 Å². The fourth-order valence-electron chi connectivity index (χ4n) is 3.27. The first kappa shape index (κ1) is 18.7. The minimum absolute atomic E-state index is 0.00768. The maximum absolute atomic E-state index is 6.36. The Bertz CT molecular complexity index is 685. The first-order chi connectivity index (χ1) is 12.8. The maximum atomic E-state index is 6.36. The van der Waals surface area contributed by atoms with Crippen LogP contribution in [-0.4, -0.2) is 26.1 Å². The summed E-state index contributed by atoms with van der Waals surface area (Å²) in [5.74, 6) is 0.859. The van der Waals surface area contributed by atoms with Crippen molar-refractivity contribution in [2.45, 2.75) is 45.0 Å². The highest BCUT2D eigenvalue weighted by atomic mass is 16.7. The molecule has 2 aromatic carbocycles. The average molecular weight is 352 g/mol. The van der Waals surface area contributed by atoms with Crippen LogP contribution in [0.5, 0.6) is 5.75 Å². The highest BCUT2D eigenvalue weighted by Crippen LogP contribution is 2.29. The van der Waals surface area contributed by atoms with E-state index < -0.39 is 0 Å². The second-order valence-corrected chi connectivity index (χ2v) is 6.57. The van der Waals surface area contributed by atoms with Gasteiger partial charge in [0.25, 0.3) is 0 Å². The lowest BCUT2D eigenvalue weighted by Gasteiger charge is -2.29. The standard InChI is InChI=1S/C23H28O3/c1-3-22(26-23-11-7-8-16-25-23)21(17-18-9-5-4-6-10-18)19-12-14-20(24-2)15-13-19/h4-6,9-10,12-15,17,22-23H,3,7-8,11,16H2,1-2H3/b21-17-. The van der Waals surface area contributed by atoms with E-state index in [2.05, 4.69) is 49.4 Å². The van der Waals surface area contributed by atoms with E-state index >= 15 is 0 Å². The summed E-state index contributed by atoms with van der Waals surface area (Å²) in [5, 5.41) is 0. The van der Waals surface area contributed by atoms with Crippen molar-refractivity contribution in [3.05, 3.63) is 65.7 Å². The van der Waals surface area contributed by atoms with Crippen LogP contribution in [0.3, 0.4) is 0 Å². The van der Waals surface area contributed by atoms with Gasteiger partial charge in [-0.15, -0.1) is 0 Å². The topological polar surface area (TPSA) is 27.7 Å². The molecule has 0 aromatic heterocycles. The second kappa shape index (κ2) is 9.56. The molecule has 2 unspecified atom stereocenters. The summed E-state index contributed by atoms with van der Waals surface area (Å²) in [6, 6.07) is 18.6. The molecule has 1 fully saturated rings. The van der Waals surface area contributed by atoms with E-state index in [0.717, 1.165) is 37.2 Å². The molecule has 1 saturated heterocycles. The predicted molar refractivity (Wildman–Crippen MR) is 106 cm³/mol. The third-order valence-corrected chi connectivity index (χ3v) is 4.72. The molecule has 0 N–H and O–H groups in total. The van der Waals surface area contributed by atoms with Gasteiger partial charge in [0.05, 0.1) is 13.2 Å². The molecule has 0 bridgehead atoms. The van der Waals surface area contributed by atoms with Gasteiger partial charge in [-0.1, -0.05) is 49.4 Å². The predicted octanol–water partition coefficient (Wildman–Crippen LogP) is 5.56. The third kappa shape index (κ3) is 4.96. The highest BCUT2D eigenvalue weighted by Gasteiger charge is 2.22. The van der Waals surface area contributed by atoms with Crippen LogP contribution in [0.1, 0.15) is 43.7 Å². The second-order valence-electron chi connectivity index (χ2n) is 6.57. The monoisotopic (exact) mass is 352 g/mol. The molecule has 0 amide bonds. The van der Waals surface area contributed by atoms with Crippen LogP contribution < -0.4 is 4.74 Å². The number of ether oxygens (including phenoxy) is 3. The van der Waals surface area contributed by atoms with Gasteiger partial charge >= 0.3 is 0 Å². The third-order valence-electron chi connectivity index (χ3n) is 4.72. The molecule has 1 aliphatic rings. The summed E-state index contributed by atoms with van der Waals surface area (Å²) in [6.45, 7) is 2.96. The summed E-state index contributed by atoms with van der Waals surface area (Å²) in [4.78, 5) is 0. The molecule has 1 heterocycles. The molecular formula is C23H28O3. The highest BCUT2D eigenvalue weighted by molar-refractivity contribution is 5.84. The van der Waals surface area contributed by atoms with Gasteiger partial charge in [0.15, 0.2) is 6.29 Å². The van der Waals surface area contributed by atoms with E-state index in [-0.39, 0.29) is 12.4 Å². The molecule has 1 aliphatic heterocycles. The SMILES string of the molecule is CCC(OC1CCCCO1)/C(=C\c1ccccc1)c1ccc(OC)cc1. The summed E-state index contributed by atoms with van der Waals surface area (Å²) in [6.07, 6.45) is 6.27. The zero-order valence-corrected chi connectivity index (χ0v) is 15.7. The van der Waals surface area contributed by atoms with Gasteiger partial charge in [0.1, 0.15) is 5.75 Å².